The molecule has 0 unspecified atom stereocenters. The quantitative estimate of drug-likeness (QED) is 0.370. The highest BCUT2D eigenvalue weighted by Crippen LogP contribution is 2.18. The molecule has 8 heteroatoms. The zero-order chi connectivity index (χ0) is 22.9. The molecule has 0 spiro atoms. The van der Waals surface area contributed by atoms with Crippen molar-refractivity contribution in [3.05, 3.63) is 48.0 Å². The number of carbonyl (C=O) groups is 2. The van der Waals surface area contributed by atoms with Crippen molar-refractivity contribution in [3.63, 3.8) is 0 Å². The normalized spacial score (nSPS) is 12.6. The van der Waals surface area contributed by atoms with Crippen LogP contribution >= 0.6 is 0 Å². The molecular formula is C23H31NO6S. The Kier molecular flexibility index (Phi) is 9.45. The summed E-state index contributed by atoms with van der Waals surface area (Å²) in [6, 6.07) is 12.5. The van der Waals surface area contributed by atoms with Gasteiger partial charge in [-0.15, -0.1) is 0 Å². The van der Waals surface area contributed by atoms with Crippen LogP contribution in [0.2, 0.25) is 0 Å². The Labute approximate surface area is 183 Å². The van der Waals surface area contributed by atoms with E-state index in [1.165, 1.54) is 0 Å². The van der Waals surface area contributed by atoms with Crippen molar-refractivity contribution in [1.29, 1.82) is 0 Å². The predicted molar refractivity (Wildman–Crippen MR) is 120 cm³/mol. The molecule has 0 radical (unpaired) electrons. The first-order valence-corrected chi connectivity index (χ1v) is 12.6. The predicted octanol–water partition coefficient (Wildman–Crippen LogP) is 3.61. The summed E-state index contributed by atoms with van der Waals surface area (Å²) in [6.45, 7) is 2.23. The summed E-state index contributed by atoms with van der Waals surface area (Å²) < 4.78 is 23.1. The summed E-state index contributed by atoms with van der Waals surface area (Å²) >= 11 is 0. The molecular weight excluding hydrogens is 418 g/mol. The third-order valence-corrected chi connectivity index (χ3v) is 5.97. The topological polar surface area (TPSA) is 101 Å². The van der Waals surface area contributed by atoms with Crippen molar-refractivity contribution in [1.82, 2.24) is 5.06 Å². The number of sulfone groups is 1. The Morgan fingerprint density at radius 1 is 1.10 bits per heavy atom. The number of amides is 1. The van der Waals surface area contributed by atoms with Gasteiger partial charge in [0.2, 0.25) is 5.91 Å². The van der Waals surface area contributed by atoms with Crippen molar-refractivity contribution in [2.24, 2.45) is 0 Å². The Hall–Kier alpha value is -2.45. The van der Waals surface area contributed by atoms with E-state index >= 15 is 0 Å². The molecule has 170 valence electrons. The largest absolute Gasteiger partial charge is 0.480 e. The lowest BCUT2D eigenvalue weighted by Gasteiger charge is -2.28. The van der Waals surface area contributed by atoms with E-state index in [1.807, 2.05) is 49.4 Å². The minimum Gasteiger partial charge on any atom is -0.480 e. The van der Waals surface area contributed by atoms with Gasteiger partial charge in [-0.05, 0) is 35.6 Å². The molecule has 0 aliphatic heterocycles. The lowest BCUT2D eigenvalue weighted by atomic mass is 10.0. The second kappa shape index (κ2) is 11.8. The number of aliphatic carboxylic acids is 1. The highest BCUT2D eigenvalue weighted by molar-refractivity contribution is 7.90. The Morgan fingerprint density at radius 3 is 2.45 bits per heavy atom. The monoisotopic (exact) mass is 449 g/mol. The minimum atomic E-state index is -3.37. The zero-order valence-electron chi connectivity index (χ0n) is 18.1. The molecule has 1 atom stereocenters. The highest BCUT2D eigenvalue weighted by Gasteiger charge is 2.31. The first kappa shape index (κ1) is 24.8. The molecule has 0 aromatic heterocycles. The number of nitrogens with zero attached hydrogens (tertiary/aromatic N) is 1. The number of carboxylic acids is 1. The molecule has 0 saturated heterocycles. The summed E-state index contributed by atoms with van der Waals surface area (Å²) in [5.74, 6) is -2.08. The number of hydroxylamine groups is 2. The van der Waals surface area contributed by atoms with Gasteiger partial charge in [-0.3, -0.25) is 9.63 Å². The highest BCUT2D eigenvalue weighted by atomic mass is 32.2. The van der Waals surface area contributed by atoms with E-state index in [0.717, 1.165) is 40.5 Å². The standard InChI is InChI=1S/C23H31NO6S/c1-3-4-7-15-30-24(21(23(26)27)14-16-31(2,28)29)22(25)13-11-18-10-12-19-8-5-6-9-20(19)17-18/h5-6,8-10,12,17,21H,3-4,7,11,13-16H2,1-2H3,(H,26,27)/t21-/m0/s1. The van der Waals surface area contributed by atoms with Crippen LogP contribution < -0.4 is 0 Å². The number of carboxylic acid groups (broad SMARTS) is 1. The molecule has 0 aliphatic rings. The molecule has 0 heterocycles. The van der Waals surface area contributed by atoms with E-state index in [1.54, 1.807) is 0 Å². The SMILES string of the molecule is CCCCCON(C(=O)CCc1ccc2ccccc2c1)[C@@H](CCS(C)(=O)=O)C(=O)O. The Bertz CT molecular complexity index is 988. The molecule has 2 aromatic carbocycles. The number of hydrogen-bond acceptors (Lipinski definition) is 5. The van der Waals surface area contributed by atoms with Crippen LogP contribution in [0.25, 0.3) is 10.8 Å². The van der Waals surface area contributed by atoms with Crippen LogP contribution in [0.4, 0.5) is 0 Å². The average molecular weight is 450 g/mol. The third-order valence-electron chi connectivity index (χ3n) is 5.00. The van der Waals surface area contributed by atoms with Crippen molar-refractivity contribution >= 4 is 32.5 Å². The van der Waals surface area contributed by atoms with Crippen LogP contribution in [0, 0.1) is 0 Å². The summed E-state index contributed by atoms with van der Waals surface area (Å²) in [7, 11) is -3.37. The van der Waals surface area contributed by atoms with Gasteiger partial charge in [0.05, 0.1) is 12.4 Å². The van der Waals surface area contributed by atoms with Gasteiger partial charge in [0.25, 0.3) is 0 Å². The molecule has 1 N–H and O–H groups in total. The van der Waals surface area contributed by atoms with Crippen molar-refractivity contribution in [3.8, 4) is 0 Å². The van der Waals surface area contributed by atoms with Gasteiger partial charge in [0, 0.05) is 12.7 Å². The fourth-order valence-corrected chi connectivity index (χ4v) is 3.92. The lowest BCUT2D eigenvalue weighted by molar-refractivity contribution is -0.207. The van der Waals surface area contributed by atoms with Crippen LogP contribution in [-0.4, -0.2) is 55.1 Å². The third kappa shape index (κ3) is 8.30. The maximum absolute atomic E-state index is 12.9. The number of fused-ring (bicyclic) bond motifs is 1. The van der Waals surface area contributed by atoms with Crippen LogP contribution in [0.3, 0.4) is 0 Å². The Morgan fingerprint density at radius 2 is 1.81 bits per heavy atom. The summed E-state index contributed by atoms with van der Waals surface area (Å²) in [5, 5.41) is 12.7. The average Bonchev–Trinajstić information content (AvgIpc) is 2.72. The second-order valence-electron chi connectivity index (χ2n) is 7.71. The van der Waals surface area contributed by atoms with E-state index in [0.29, 0.717) is 12.8 Å². The summed E-state index contributed by atoms with van der Waals surface area (Å²) in [6.07, 6.45) is 3.84. The van der Waals surface area contributed by atoms with Crippen LogP contribution in [0.1, 0.15) is 44.6 Å². The van der Waals surface area contributed by atoms with Gasteiger partial charge in [0.1, 0.15) is 9.84 Å². The van der Waals surface area contributed by atoms with Gasteiger partial charge in [0.15, 0.2) is 6.04 Å². The fraction of sp³-hybridized carbons (Fsp3) is 0.478. The summed E-state index contributed by atoms with van der Waals surface area (Å²) in [4.78, 5) is 30.3. The first-order valence-electron chi connectivity index (χ1n) is 10.5. The molecule has 0 fully saturated rings. The van der Waals surface area contributed by atoms with Gasteiger partial charge in [-0.1, -0.05) is 62.2 Å². The number of hydrogen-bond donors (Lipinski definition) is 1. The van der Waals surface area contributed by atoms with Gasteiger partial charge in [-0.2, -0.15) is 0 Å². The van der Waals surface area contributed by atoms with Gasteiger partial charge < -0.3 is 5.11 Å². The number of unbranched alkanes of at least 4 members (excludes halogenated alkanes) is 2. The van der Waals surface area contributed by atoms with E-state index in [9.17, 15) is 23.1 Å². The maximum Gasteiger partial charge on any atom is 0.329 e. The Balaban J connectivity index is 2.11. The van der Waals surface area contributed by atoms with Crippen molar-refractivity contribution in [2.75, 3.05) is 18.6 Å². The number of rotatable bonds is 13. The van der Waals surface area contributed by atoms with Crippen molar-refractivity contribution in [2.45, 2.75) is 51.5 Å². The van der Waals surface area contributed by atoms with E-state index in [-0.39, 0.29) is 25.2 Å². The second-order valence-corrected chi connectivity index (χ2v) is 9.97. The smallest absolute Gasteiger partial charge is 0.329 e. The molecule has 0 bridgehead atoms. The van der Waals surface area contributed by atoms with E-state index < -0.39 is 27.8 Å². The number of aryl methyl sites for hydroxylation is 1. The molecule has 1 amide bonds. The molecule has 2 rings (SSSR count). The zero-order valence-corrected chi connectivity index (χ0v) is 18.9. The van der Waals surface area contributed by atoms with E-state index in [4.69, 9.17) is 4.84 Å². The van der Waals surface area contributed by atoms with Gasteiger partial charge in [-0.25, -0.2) is 18.3 Å². The van der Waals surface area contributed by atoms with Gasteiger partial charge >= 0.3 is 5.97 Å². The molecule has 0 saturated carbocycles. The number of benzene rings is 2. The number of carbonyl (C=O) groups excluding carboxylic acids is 1. The van der Waals surface area contributed by atoms with Crippen LogP contribution in [0.5, 0.6) is 0 Å². The van der Waals surface area contributed by atoms with Crippen LogP contribution in [0.15, 0.2) is 42.5 Å². The molecule has 7 nitrogen and oxygen atoms in total. The minimum absolute atomic E-state index is 0.0643. The fourth-order valence-electron chi connectivity index (χ4n) is 3.27. The summed E-state index contributed by atoms with van der Waals surface area (Å²) in [5.41, 5.74) is 0.959. The van der Waals surface area contributed by atoms with Crippen molar-refractivity contribution < 1.29 is 28.0 Å². The van der Waals surface area contributed by atoms with Crippen LogP contribution in [-0.2, 0) is 30.7 Å². The molecule has 2 aromatic rings. The lowest BCUT2D eigenvalue weighted by Crippen LogP contribution is -2.46. The maximum atomic E-state index is 12.9. The molecule has 0 aliphatic carbocycles. The first-order chi connectivity index (χ1) is 14.7. The molecule has 31 heavy (non-hydrogen) atoms. The van der Waals surface area contributed by atoms with E-state index in [2.05, 4.69) is 0 Å².